The van der Waals surface area contributed by atoms with Crippen LogP contribution < -0.4 is 14.2 Å². The van der Waals surface area contributed by atoms with E-state index in [1.165, 1.54) is 6.92 Å². The second kappa shape index (κ2) is 8.68. The molecule has 0 amide bonds. The summed E-state index contributed by atoms with van der Waals surface area (Å²) in [7, 11) is 4.63. The lowest BCUT2D eigenvalue weighted by Crippen LogP contribution is -2.08. The molecule has 0 spiro atoms. The van der Waals surface area contributed by atoms with Crippen LogP contribution in [0.3, 0.4) is 0 Å². The highest BCUT2D eigenvalue weighted by Crippen LogP contribution is 2.39. The largest absolute Gasteiger partial charge is 0.493 e. The van der Waals surface area contributed by atoms with E-state index in [0.29, 0.717) is 28.5 Å². The Balaban J connectivity index is 2.18. The molecule has 0 aliphatic heterocycles. The summed E-state index contributed by atoms with van der Waals surface area (Å²) >= 11 is 0. The fourth-order valence-electron chi connectivity index (χ4n) is 3.22. The summed E-state index contributed by atoms with van der Waals surface area (Å²) in [6, 6.07) is 11.6. The topological polar surface area (TPSA) is 71.3 Å². The van der Waals surface area contributed by atoms with Gasteiger partial charge < -0.3 is 23.6 Å². The first-order valence-corrected chi connectivity index (χ1v) is 9.17. The van der Waals surface area contributed by atoms with Crippen molar-refractivity contribution >= 4 is 22.6 Å². The maximum Gasteiger partial charge on any atom is 0.332 e. The highest BCUT2D eigenvalue weighted by molar-refractivity contribution is 6.14. The number of carbonyl (C=O) groups excluding carboxylic acids is 1. The Morgan fingerprint density at radius 1 is 0.966 bits per heavy atom. The van der Waals surface area contributed by atoms with E-state index in [9.17, 15) is 4.79 Å². The molecule has 3 rings (SSSR count). The number of methoxy groups -OCH3 is 3. The minimum atomic E-state index is -0.506. The summed E-state index contributed by atoms with van der Waals surface area (Å²) in [6.07, 6.45) is 2.04. The van der Waals surface area contributed by atoms with Crippen molar-refractivity contribution in [3.05, 3.63) is 53.7 Å². The number of rotatable bonds is 7. The van der Waals surface area contributed by atoms with Crippen molar-refractivity contribution in [1.29, 1.82) is 0 Å². The smallest absolute Gasteiger partial charge is 0.332 e. The van der Waals surface area contributed by atoms with Crippen LogP contribution in [0.15, 0.2) is 47.8 Å². The van der Waals surface area contributed by atoms with E-state index < -0.39 is 5.97 Å². The summed E-state index contributed by atoms with van der Waals surface area (Å²) in [5.74, 6) is 0.931. The lowest BCUT2D eigenvalue weighted by molar-refractivity contribution is -0.140. The van der Waals surface area contributed by atoms with E-state index in [1.54, 1.807) is 33.5 Å². The van der Waals surface area contributed by atoms with E-state index in [4.69, 9.17) is 19.0 Å². The fourth-order valence-corrected chi connectivity index (χ4v) is 3.22. The van der Waals surface area contributed by atoms with Crippen molar-refractivity contribution in [2.75, 3.05) is 21.3 Å². The number of hydrogen-bond acceptors (Lipinski definition) is 6. The van der Waals surface area contributed by atoms with E-state index in [-0.39, 0.29) is 0 Å². The van der Waals surface area contributed by atoms with E-state index in [0.717, 1.165) is 23.0 Å². The Hall–Kier alpha value is -3.48. The minimum absolute atomic E-state index is 0.473. The maximum absolute atomic E-state index is 11.4. The molecule has 0 aliphatic rings. The molecule has 0 N–H and O–H groups in total. The van der Waals surface area contributed by atoms with Crippen LogP contribution >= 0.6 is 0 Å². The standard InChI is InChI=1S/C22H24N2O5/c1-6-24-10-9-15-11-16(7-8-18(15)24)21(23-29-14(2)25)17-12-19(26-3)22(28-5)20(13-17)27-4/h7-13H,6H2,1-5H3/b23-21+. The van der Waals surface area contributed by atoms with Crippen LogP contribution in [0, 0.1) is 0 Å². The molecule has 7 heteroatoms. The van der Waals surface area contributed by atoms with Gasteiger partial charge in [0, 0.05) is 41.7 Å². The number of oxime groups is 1. The Bertz CT molecular complexity index is 1040. The normalized spacial score (nSPS) is 11.4. The number of nitrogens with zero attached hydrogens (tertiary/aromatic N) is 2. The molecule has 29 heavy (non-hydrogen) atoms. The van der Waals surface area contributed by atoms with Crippen LogP contribution in [0.1, 0.15) is 25.0 Å². The summed E-state index contributed by atoms with van der Waals surface area (Å²) < 4.78 is 18.4. The minimum Gasteiger partial charge on any atom is -0.493 e. The van der Waals surface area contributed by atoms with Gasteiger partial charge >= 0.3 is 5.97 Å². The molecule has 0 fully saturated rings. The highest BCUT2D eigenvalue weighted by atomic mass is 16.7. The third-order valence-electron chi connectivity index (χ3n) is 4.59. The second-order valence-corrected chi connectivity index (χ2v) is 6.31. The second-order valence-electron chi connectivity index (χ2n) is 6.31. The third-order valence-corrected chi connectivity index (χ3v) is 4.59. The summed E-state index contributed by atoms with van der Waals surface area (Å²) in [6.45, 7) is 4.28. The average Bonchev–Trinajstić information content (AvgIpc) is 3.15. The number of fused-ring (bicyclic) bond motifs is 1. The van der Waals surface area contributed by atoms with Gasteiger partial charge in [-0.25, -0.2) is 4.79 Å². The van der Waals surface area contributed by atoms with Crippen molar-refractivity contribution in [3.63, 3.8) is 0 Å². The zero-order valence-electron chi connectivity index (χ0n) is 17.2. The van der Waals surface area contributed by atoms with Gasteiger partial charge in [0.2, 0.25) is 5.75 Å². The average molecular weight is 396 g/mol. The molecule has 0 saturated heterocycles. The van der Waals surface area contributed by atoms with Crippen LogP contribution in [-0.2, 0) is 16.2 Å². The third kappa shape index (κ3) is 4.03. The van der Waals surface area contributed by atoms with Crippen LogP contribution in [0.4, 0.5) is 0 Å². The molecule has 2 aromatic carbocycles. The SMILES string of the molecule is CCn1ccc2cc(/C(=N\OC(C)=O)c3cc(OC)c(OC)c(OC)c3)ccc21. The van der Waals surface area contributed by atoms with E-state index in [2.05, 4.69) is 16.6 Å². The van der Waals surface area contributed by atoms with Crippen LogP contribution in [-0.4, -0.2) is 37.6 Å². The Labute approximate surface area is 169 Å². The van der Waals surface area contributed by atoms with E-state index >= 15 is 0 Å². The van der Waals surface area contributed by atoms with E-state index in [1.807, 2.05) is 30.5 Å². The van der Waals surface area contributed by atoms with Gasteiger partial charge in [-0.05, 0) is 37.3 Å². The Kier molecular flexibility index (Phi) is 6.07. The molecule has 0 saturated carbocycles. The van der Waals surface area contributed by atoms with Crippen LogP contribution in [0.2, 0.25) is 0 Å². The quantitative estimate of drug-likeness (QED) is 0.343. The molecule has 0 atom stereocenters. The first kappa shape index (κ1) is 20.3. The summed E-state index contributed by atoms with van der Waals surface area (Å²) in [5, 5.41) is 5.17. The summed E-state index contributed by atoms with van der Waals surface area (Å²) in [4.78, 5) is 16.4. The van der Waals surface area contributed by atoms with Gasteiger partial charge in [-0.3, -0.25) is 0 Å². The van der Waals surface area contributed by atoms with Crippen LogP contribution in [0.25, 0.3) is 10.9 Å². The summed E-state index contributed by atoms with van der Waals surface area (Å²) in [5.41, 5.74) is 3.05. The van der Waals surface area contributed by atoms with Crippen LogP contribution in [0.5, 0.6) is 17.2 Å². The zero-order chi connectivity index (χ0) is 21.0. The monoisotopic (exact) mass is 396 g/mol. The van der Waals surface area contributed by atoms with Crippen molar-refractivity contribution in [1.82, 2.24) is 4.57 Å². The number of benzene rings is 2. The maximum atomic E-state index is 11.4. The molecule has 0 radical (unpaired) electrons. The molecular formula is C22H24N2O5. The van der Waals surface area contributed by atoms with Crippen molar-refractivity contribution in [2.45, 2.75) is 20.4 Å². The fraction of sp³-hybridized carbons (Fsp3) is 0.273. The Morgan fingerprint density at radius 3 is 2.21 bits per heavy atom. The van der Waals surface area contributed by atoms with Crippen molar-refractivity contribution < 1.29 is 23.8 Å². The zero-order valence-corrected chi connectivity index (χ0v) is 17.2. The van der Waals surface area contributed by atoms with Gasteiger partial charge in [0.05, 0.1) is 21.3 Å². The molecule has 7 nitrogen and oxygen atoms in total. The molecule has 152 valence electrons. The lowest BCUT2D eigenvalue weighted by atomic mass is 10.00. The number of carbonyl (C=O) groups is 1. The number of aromatic nitrogens is 1. The van der Waals surface area contributed by atoms with Gasteiger partial charge in [0.1, 0.15) is 5.71 Å². The number of aryl methyl sites for hydroxylation is 1. The molecule has 0 unspecified atom stereocenters. The molecule has 0 bridgehead atoms. The predicted octanol–water partition coefficient (Wildman–Crippen LogP) is 4.00. The van der Waals surface area contributed by atoms with Gasteiger partial charge in [-0.1, -0.05) is 11.2 Å². The molecule has 3 aromatic rings. The van der Waals surface area contributed by atoms with Crippen molar-refractivity contribution in [2.24, 2.45) is 5.16 Å². The molecule has 0 aliphatic carbocycles. The predicted molar refractivity (Wildman–Crippen MR) is 111 cm³/mol. The van der Waals surface area contributed by atoms with Gasteiger partial charge in [0.15, 0.2) is 11.5 Å². The van der Waals surface area contributed by atoms with Crippen molar-refractivity contribution in [3.8, 4) is 17.2 Å². The highest BCUT2D eigenvalue weighted by Gasteiger charge is 2.18. The molecule has 1 aromatic heterocycles. The molecule has 1 heterocycles. The molecular weight excluding hydrogens is 372 g/mol. The lowest BCUT2D eigenvalue weighted by Gasteiger charge is -2.15. The number of ether oxygens (including phenoxy) is 3. The first-order valence-electron chi connectivity index (χ1n) is 9.17. The van der Waals surface area contributed by atoms with Gasteiger partial charge in [0.25, 0.3) is 0 Å². The number of hydrogen-bond donors (Lipinski definition) is 0. The van der Waals surface area contributed by atoms with Gasteiger partial charge in [-0.15, -0.1) is 0 Å². The van der Waals surface area contributed by atoms with Gasteiger partial charge in [-0.2, -0.15) is 0 Å². The Morgan fingerprint density at radius 2 is 1.66 bits per heavy atom. The first-order chi connectivity index (χ1) is 14.0.